The van der Waals surface area contributed by atoms with Crippen LogP contribution in [0.15, 0.2) is 53.4 Å². The van der Waals surface area contributed by atoms with Gasteiger partial charge < -0.3 is 10.2 Å². The summed E-state index contributed by atoms with van der Waals surface area (Å²) in [6, 6.07) is 13.4. The predicted octanol–water partition coefficient (Wildman–Crippen LogP) is 3.65. The van der Waals surface area contributed by atoms with Gasteiger partial charge in [0.05, 0.1) is 11.4 Å². The van der Waals surface area contributed by atoms with Gasteiger partial charge in [-0.15, -0.1) is 0 Å². The van der Waals surface area contributed by atoms with Gasteiger partial charge >= 0.3 is 0 Å². The Hall–Kier alpha value is -2.71. The largest absolute Gasteiger partial charge is 0.352 e. The van der Waals surface area contributed by atoms with Crippen LogP contribution in [0.25, 0.3) is 0 Å². The molecule has 7 nitrogen and oxygen atoms in total. The number of rotatable bonds is 11. The zero-order valence-electron chi connectivity index (χ0n) is 21.0. The monoisotopic (exact) mass is 487 g/mol. The van der Waals surface area contributed by atoms with Crippen LogP contribution < -0.4 is 5.32 Å². The number of nitrogens with zero attached hydrogens (tertiary/aromatic N) is 2. The Morgan fingerprint density at radius 2 is 1.59 bits per heavy atom. The van der Waals surface area contributed by atoms with Crippen LogP contribution in [0.2, 0.25) is 0 Å². The standard InChI is InChI=1S/C26H37N3O4S/c1-7-21(5)27-26(31)24(8-2)29(17-22-12-10-9-11-20(22)4)25(30)18-28(6)34(32,33)23-15-13-19(3)14-16-23/h9-16,21,24H,7-8,17-18H2,1-6H3,(H,27,31)/t21-,24-/m1/s1. The molecule has 2 aromatic rings. The summed E-state index contributed by atoms with van der Waals surface area (Å²) in [5, 5.41) is 2.97. The van der Waals surface area contributed by atoms with E-state index in [0.29, 0.717) is 6.42 Å². The Kier molecular flexibility index (Phi) is 9.82. The van der Waals surface area contributed by atoms with Gasteiger partial charge in [-0.1, -0.05) is 55.8 Å². The number of hydrogen-bond donors (Lipinski definition) is 1. The summed E-state index contributed by atoms with van der Waals surface area (Å²) in [4.78, 5) is 28.2. The second kappa shape index (κ2) is 12.1. The fraction of sp³-hybridized carbons (Fsp3) is 0.462. The molecular weight excluding hydrogens is 450 g/mol. The molecule has 1 N–H and O–H groups in total. The molecule has 0 spiro atoms. The van der Waals surface area contributed by atoms with Gasteiger partial charge in [0.2, 0.25) is 21.8 Å². The summed E-state index contributed by atoms with van der Waals surface area (Å²) in [5.41, 5.74) is 2.85. The van der Waals surface area contributed by atoms with Crippen LogP contribution in [-0.2, 0) is 26.2 Å². The first kappa shape index (κ1) is 27.5. The van der Waals surface area contributed by atoms with Crippen molar-refractivity contribution in [1.29, 1.82) is 0 Å². The average Bonchev–Trinajstić information content (AvgIpc) is 2.80. The lowest BCUT2D eigenvalue weighted by Crippen LogP contribution is -2.53. The average molecular weight is 488 g/mol. The first-order valence-electron chi connectivity index (χ1n) is 11.7. The second-order valence-corrected chi connectivity index (χ2v) is 10.8. The van der Waals surface area contributed by atoms with Crippen molar-refractivity contribution < 1.29 is 18.0 Å². The van der Waals surface area contributed by atoms with Crippen molar-refractivity contribution in [1.82, 2.24) is 14.5 Å². The minimum atomic E-state index is -3.86. The van der Waals surface area contributed by atoms with E-state index >= 15 is 0 Å². The first-order chi connectivity index (χ1) is 16.0. The van der Waals surface area contributed by atoms with Crippen LogP contribution in [0.5, 0.6) is 0 Å². The van der Waals surface area contributed by atoms with Gasteiger partial charge in [-0.3, -0.25) is 9.59 Å². The fourth-order valence-electron chi connectivity index (χ4n) is 3.59. The molecule has 34 heavy (non-hydrogen) atoms. The Morgan fingerprint density at radius 1 is 0.971 bits per heavy atom. The fourth-order valence-corrected chi connectivity index (χ4v) is 4.71. The third-order valence-electron chi connectivity index (χ3n) is 6.08. The van der Waals surface area contributed by atoms with E-state index in [1.54, 1.807) is 12.1 Å². The lowest BCUT2D eigenvalue weighted by Gasteiger charge is -2.33. The summed E-state index contributed by atoms with van der Waals surface area (Å²) in [6.45, 7) is 9.43. The highest BCUT2D eigenvalue weighted by molar-refractivity contribution is 7.89. The van der Waals surface area contributed by atoms with Crippen LogP contribution >= 0.6 is 0 Å². The molecule has 0 unspecified atom stereocenters. The molecule has 0 saturated carbocycles. The number of nitrogens with one attached hydrogen (secondary N) is 1. The van der Waals surface area contributed by atoms with E-state index in [-0.39, 0.29) is 29.9 Å². The summed E-state index contributed by atoms with van der Waals surface area (Å²) in [7, 11) is -2.47. The highest BCUT2D eigenvalue weighted by atomic mass is 32.2. The van der Waals surface area contributed by atoms with E-state index in [4.69, 9.17) is 0 Å². The van der Waals surface area contributed by atoms with Crippen LogP contribution in [0.4, 0.5) is 0 Å². The van der Waals surface area contributed by atoms with E-state index in [1.807, 2.05) is 58.9 Å². The highest BCUT2D eigenvalue weighted by Crippen LogP contribution is 2.19. The molecule has 2 amide bonds. The van der Waals surface area contributed by atoms with Gasteiger partial charge in [0, 0.05) is 19.6 Å². The van der Waals surface area contributed by atoms with Crippen molar-refractivity contribution in [3.05, 3.63) is 65.2 Å². The highest BCUT2D eigenvalue weighted by Gasteiger charge is 2.32. The first-order valence-corrected chi connectivity index (χ1v) is 13.1. The summed E-state index contributed by atoms with van der Waals surface area (Å²) in [5.74, 6) is -0.657. The van der Waals surface area contributed by atoms with Gasteiger partial charge in [-0.25, -0.2) is 8.42 Å². The number of carbonyl (C=O) groups is 2. The van der Waals surface area contributed by atoms with Crippen LogP contribution in [0.1, 0.15) is 50.3 Å². The molecule has 0 aliphatic carbocycles. The molecule has 0 aliphatic rings. The van der Waals surface area contributed by atoms with Crippen molar-refractivity contribution in [3.8, 4) is 0 Å². The van der Waals surface area contributed by atoms with Crippen LogP contribution in [-0.4, -0.2) is 55.1 Å². The molecule has 2 rings (SSSR count). The Morgan fingerprint density at radius 3 is 2.15 bits per heavy atom. The summed E-state index contributed by atoms with van der Waals surface area (Å²) >= 11 is 0. The SMILES string of the molecule is CC[C@@H](C)NC(=O)[C@@H](CC)N(Cc1ccccc1C)C(=O)CN(C)S(=O)(=O)c1ccc(C)cc1. The number of sulfonamides is 1. The Balaban J connectivity index is 2.34. The van der Waals surface area contributed by atoms with E-state index in [1.165, 1.54) is 24.1 Å². The number of amides is 2. The molecule has 0 bridgehead atoms. The maximum atomic E-state index is 13.5. The second-order valence-electron chi connectivity index (χ2n) is 8.76. The normalized spacial score (nSPS) is 13.4. The third kappa shape index (κ3) is 6.90. The summed E-state index contributed by atoms with van der Waals surface area (Å²) in [6.07, 6.45) is 1.18. The Labute approximate surface area is 204 Å². The summed E-state index contributed by atoms with van der Waals surface area (Å²) < 4.78 is 27.1. The molecule has 2 aromatic carbocycles. The molecule has 0 heterocycles. The smallest absolute Gasteiger partial charge is 0.243 e. The number of carbonyl (C=O) groups excluding carboxylic acids is 2. The molecule has 8 heteroatoms. The maximum Gasteiger partial charge on any atom is 0.243 e. The lowest BCUT2D eigenvalue weighted by atomic mass is 10.1. The van der Waals surface area contributed by atoms with Gasteiger partial charge in [0.25, 0.3) is 0 Å². The van der Waals surface area contributed by atoms with Crippen molar-refractivity contribution in [2.75, 3.05) is 13.6 Å². The number of aryl methyl sites for hydroxylation is 2. The van der Waals surface area contributed by atoms with Gasteiger partial charge in [0.15, 0.2) is 0 Å². The molecule has 186 valence electrons. The van der Waals surface area contributed by atoms with Crippen molar-refractivity contribution in [2.24, 2.45) is 0 Å². The van der Waals surface area contributed by atoms with Gasteiger partial charge in [0.1, 0.15) is 6.04 Å². The quantitative estimate of drug-likeness (QED) is 0.524. The number of benzene rings is 2. The van der Waals surface area contributed by atoms with E-state index in [2.05, 4.69) is 5.32 Å². The lowest BCUT2D eigenvalue weighted by molar-refractivity contribution is -0.141. The molecular formula is C26H37N3O4S. The molecule has 0 aromatic heterocycles. The number of likely N-dealkylation sites (N-methyl/N-ethyl adjacent to an activating group) is 1. The zero-order chi connectivity index (χ0) is 25.5. The third-order valence-corrected chi connectivity index (χ3v) is 7.89. The minimum absolute atomic E-state index is 0.0263. The minimum Gasteiger partial charge on any atom is -0.352 e. The maximum absolute atomic E-state index is 13.5. The molecule has 0 saturated heterocycles. The zero-order valence-corrected chi connectivity index (χ0v) is 21.9. The molecule has 2 atom stereocenters. The van der Waals surface area contributed by atoms with Crippen molar-refractivity contribution >= 4 is 21.8 Å². The van der Waals surface area contributed by atoms with Gasteiger partial charge in [-0.05, 0) is 56.9 Å². The molecule has 0 fully saturated rings. The Bertz CT molecular complexity index is 1080. The van der Waals surface area contributed by atoms with E-state index < -0.39 is 22.0 Å². The van der Waals surface area contributed by atoms with Gasteiger partial charge in [-0.2, -0.15) is 4.31 Å². The topological polar surface area (TPSA) is 86.8 Å². The van der Waals surface area contributed by atoms with Crippen LogP contribution in [0.3, 0.4) is 0 Å². The molecule has 0 radical (unpaired) electrons. The van der Waals surface area contributed by atoms with Crippen molar-refractivity contribution in [3.63, 3.8) is 0 Å². The molecule has 0 aliphatic heterocycles. The number of hydrogen-bond acceptors (Lipinski definition) is 4. The predicted molar refractivity (Wildman–Crippen MR) is 135 cm³/mol. The van der Waals surface area contributed by atoms with E-state index in [0.717, 1.165) is 27.4 Å². The van der Waals surface area contributed by atoms with E-state index in [9.17, 15) is 18.0 Å². The van der Waals surface area contributed by atoms with Crippen molar-refractivity contribution in [2.45, 2.75) is 71.0 Å². The van der Waals surface area contributed by atoms with Crippen LogP contribution in [0, 0.1) is 13.8 Å².